The fourth-order valence-electron chi connectivity index (χ4n) is 5.65. The fraction of sp³-hybridized carbons (Fsp3) is 0.833. The van der Waals surface area contributed by atoms with E-state index in [1.807, 2.05) is 6.92 Å². The van der Waals surface area contributed by atoms with Gasteiger partial charge in [-0.2, -0.15) is 8.42 Å². The molecule has 2 rings (SSSR count). The van der Waals surface area contributed by atoms with Crippen LogP contribution >= 0.6 is 0 Å². The first-order valence-corrected chi connectivity index (χ1v) is 19.1. The van der Waals surface area contributed by atoms with Crippen LogP contribution in [-0.4, -0.2) is 54.2 Å². The van der Waals surface area contributed by atoms with E-state index in [2.05, 4.69) is 6.92 Å². The smallest absolute Gasteiger partial charge is 0.296 e. The Hall–Kier alpha value is -0.990. The summed E-state index contributed by atoms with van der Waals surface area (Å²) in [5.41, 5.74) is 1.02. The van der Waals surface area contributed by atoms with Crippen molar-refractivity contribution in [1.29, 1.82) is 0 Å². The van der Waals surface area contributed by atoms with E-state index in [0.29, 0.717) is 32.2 Å². The molecule has 0 amide bonds. The van der Waals surface area contributed by atoms with Gasteiger partial charge in [0, 0.05) is 19.1 Å². The molecule has 1 aromatic carbocycles. The van der Waals surface area contributed by atoms with Gasteiger partial charge in [-0.3, -0.25) is 4.18 Å². The number of hydrogen-bond donors (Lipinski definition) is 0. The molecule has 0 radical (unpaired) electrons. The summed E-state index contributed by atoms with van der Waals surface area (Å²) in [6, 6.07) is 6.73. The van der Waals surface area contributed by atoms with Crippen molar-refractivity contribution < 1.29 is 26.8 Å². The van der Waals surface area contributed by atoms with Crippen LogP contribution in [-0.2, 0) is 28.5 Å². The van der Waals surface area contributed by atoms with Crippen molar-refractivity contribution in [3.63, 3.8) is 0 Å². The van der Waals surface area contributed by atoms with Crippen LogP contribution < -0.4 is 0 Å². The molecule has 7 heteroatoms. The van der Waals surface area contributed by atoms with Gasteiger partial charge in [0.2, 0.25) is 0 Å². The van der Waals surface area contributed by atoms with Gasteiger partial charge >= 0.3 is 0 Å². The molecule has 250 valence electrons. The molecule has 2 atom stereocenters. The predicted molar refractivity (Wildman–Crippen MR) is 177 cm³/mol. The number of benzene rings is 1. The minimum atomic E-state index is -3.67. The lowest BCUT2D eigenvalue weighted by molar-refractivity contribution is 0.0141. The Morgan fingerprint density at radius 1 is 0.651 bits per heavy atom. The number of unbranched alkanes of at least 4 members (excludes halogenated alkanes) is 17. The highest BCUT2D eigenvalue weighted by Gasteiger charge is 2.25. The fourth-order valence-corrected chi connectivity index (χ4v) is 6.60. The Morgan fingerprint density at radius 2 is 1.12 bits per heavy atom. The van der Waals surface area contributed by atoms with E-state index >= 15 is 0 Å². The summed E-state index contributed by atoms with van der Waals surface area (Å²) in [5.74, 6) is 0.437. The topological polar surface area (TPSA) is 71.1 Å². The Morgan fingerprint density at radius 3 is 1.67 bits per heavy atom. The van der Waals surface area contributed by atoms with Gasteiger partial charge in [-0.05, 0) is 51.2 Å². The molecular formula is C36H64O6S. The highest BCUT2D eigenvalue weighted by molar-refractivity contribution is 7.86. The predicted octanol–water partition coefficient (Wildman–Crippen LogP) is 9.57. The first-order valence-electron chi connectivity index (χ1n) is 17.7. The lowest BCUT2D eigenvalue weighted by Crippen LogP contribution is -2.15. The van der Waals surface area contributed by atoms with Gasteiger partial charge in [-0.15, -0.1) is 0 Å². The molecule has 1 fully saturated rings. The zero-order valence-corrected chi connectivity index (χ0v) is 28.5. The number of rotatable bonds is 29. The van der Waals surface area contributed by atoms with Crippen molar-refractivity contribution in [3.05, 3.63) is 29.8 Å². The zero-order valence-electron chi connectivity index (χ0n) is 27.7. The first kappa shape index (κ1) is 38.2. The second-order valence-corrected chi connectivity index (χ2v) is 14.3. The average Bonchev–Trinajstić information content (AvgIpc) is 3.45. The van der Waals surface area contributed by atoms with Gasteiger partial charge in [-0.25, -0.2) is 0 Å². The van der Waals surface area contributed by atoms with Crippen LogP contribution in [0.1, 0.15) is 141 Å². The molecule has 0 saturated carbocycles. The van der Waals surface area contributed by atoms with Crippen LogP contribution in [0, 0.1) is 12.8 Å². The molecule has 1 heterocycles. The summed E-state index contributed by atoms with van der Waals surface area (Å²) < 4.78 is 47.2. The molecule has 0 aliphatic carbocycles. The largest absolute Gasteiger partial charge is 0.381 e. The van der Waals surface area contributed by atoms with E-state index in [1.54, 1.807) is 24.3 Å². The third-order valence-corrected chi connectivity index (χ3v) is 9.77. The minimum Gasteiger partial charge on any atom is -0.381 e. The lowest BCUT2D eigenvalue weighted by atomic mass is 10.0. The van der Waals surface area contributed by atoms with E-state index in [9.17, 15) is 8.42 Å². The Balaban J connectivity index is 1.29. The second-order valence-electron chi connectivity index (χ2n) is 12.7. The van der Waals surface area contributed by atoms with Crippen molar-refractivity contribution in [2.24, 2.45) is 5.92 Å². The summed E-state index contributed by atoms with van der Waals surface area (Å²) >= 11 is 0. The zero-order chi connectivity index (χ0) is 30.9. The van der Waals surface area contributed by atoms with Crippen LogP contribution in [0.15, 0.2) is 29.2 Å². The molecule has 0 bridgehead atoms. The summed E-state index contributed by atoms with van der Waals surface area (Å²) in [5, 5.41) is 0. The molecule has 0 aromatic heterocycles. The van der Waals surface area contributed by atoms with Crippen molar-refractivity contribution in [2.45, 2.75) is 153 Å². The van der Waals surface area contributed by atoms with Gasteiger partial charge < -0.3 is 14.2 Å². The van der Waals surface area contributed by atoms with E-state index in [4.69, 9.17) is 18.4 Å². The van der Waals surface area contributed by atoms with Gasteiger partial charge in [0.05, 0.1) is 37.4 Å². The molecule has 1 aliphatic heterocycles. The van der Waals surface area contributed by atoms with Crippen LogP contribution in [0.2, 0.25) is 0 Å². The van der Waals surface area contributed by atoms with Gasteiger partial charge in [0.15, 0.2) is 0 Å². The summed E-state index contributed by atoms with van der Waals surface area (Å²) in [6.07, 6.45) is 25.9. The standard InChI is InChI=1S/C36H64O6S/c1-3-4-5-6-7-8-9-10-11-12-13-14-15-16-17-19-27-40-32-35-29-34(31-41-35)30-39-26-20-18-21-28-42-43(37,38)36-24-22-33(2)23-25-36/h22-25,34-35H,3-21,26-32H2,1-2H3/t34-,35-/m1/s1. The van der Waals surface area contributed by atoms with Crippen LogP contribution in [0.3, 0.4) is 0 Å². The van der Waals surface area contributed by atoms with E-state index in [0.717, 1.165) is 44.5 Å². The molecule has 1 aliphatic rings. The summed E-state index contributed by atoms with van der Waals surface area (Å²) in [4.78, 5) is 0.212. The van der Waals surface area contributed by atoms with Gasteiger partial charge in [0.1, 0.15) is 0 Å². The molecule has 1 aromatic rings. The molecule has 0 spiro atoms. The summed E-state index contributed by atoms with van der Waals surface area (Å²) in [6.45, 7) is 8.10. The van der Waals surface area contributed by atoms with Crippen molar-refractivity contribution in [3.8, 4) is 0 Å². The maximum absolute atomic E-state index is 12.2. The maximum atomic E-state index is 12.2. The third-order valence-electron chi connectivity index (χ3n) is 8.44. The van der Waals surface area contributed by atoms with Gasteiger partial charge in [0.25, 0.3) is 10.1 Å². The van der Waals surface area contributed by atoms with Crippen molar-refractivity contribution >= 4 is 10.1 Å². The van der Waals surface area contributed by atoms with Crippen molar-refractivity contribution in [1.82, 2.24) is 0 Å². The third kappa shape index (κ3) is 19.9. The monoisotopic (exact) mass is 624 g/mol. The van der Waals surface area contributed by atoms with Gasteiger partial charge in [-0.1, -0.05) is 121 Å². The second kappa shape index (κ2) is 25.2. The Labute approximate surface area is 265 Å². The molecule has 6 nitrogen and oxygen atoms in total. The molecule has 0 N–H and O–H groups in total. The van der Waals surface area contributed by atoms with Crippen molar-refractivity contribution in [2.75, 3.05) is 39.6 Å². The van der Waals surface area contributed by atoms with Crippen LogP contribution in [0.5, 0.6) is 0 Å². The number of aryl methyl sites for hydroxylation is 1. The molecule has 1 saturated heterocycles. The lowest BCUT2D eigenvalue weighted by Gasteiger charge is -2.11. The SMILES string of the molecule is CCCCCCCCCCCCCCCCCCOC[C@H]1C[C@H](COCCCCCOS(=O)(=O)c2ccc(C)cc2)CO1. The molecular weight excluding hydrogens is 560 g/mol. The Bertz CT molecular complexity index is 872. The summed E-state index contributed by atoms with van der Waals surface area (Å²) in [7, 11) is -3.67. The van der Waals surface area contributed by atoms with E-state index in [-0.39, 0.29) is 17.6 Å². The maximum Gasteiger partial charge on any atom is 0.296 e. The highest BCUT2D eigenvalue weighted by Crippen LogP contribution is 2.21. The number of hydrogen-bond acceptors (Lipinski definition) is 6. The quantitative estimate of drug-likeness (QED) is 0.0653. The van der Waals surface area contributed by atoms with E-state index < -0.39 is 10.1 Å². The first-order chi connectivity index (χ1) is 21.0. The van der Waals surface area contributed by atoms with E-state index in [1.165, 1.54) is 96.3 Å². The minimum absolute atomic E-state index is 0.197. The van der Waals surface area contributed by atoms with Crippen LogP contribution in [0.4, 0.5) is 0 Å². The average molecular weight is 625 g/mol. The van der Waals surface area contributed by atoms with Crippen LogP contribution in [0.25, 0.3) is 0 Å². The Kier molecular flexibility index (Phi) is 22.4. The number of ether oxygens (including phenoxy) is 3. The molecule has 43 heavy (non-hydrogen) atoms. The normalized spacial score (nSPS) is 17.2. The molecule has 0 unspecified atom stereocenters. The highest BCUT2D eigenvalue weighted by atomic mass is 32.2.